The summed E-state index contributed by atoms with van der Waals surface area (Å²) >= 11 is 0. The number of carbonyl (C=O) groups excluding carboxylic acids is 2. The molecule has 0 spiro atoms. The minimum absolute atomic E-state index is 0. The highest BCUT2D eigenvalue weighted by molar-refractivity contribution is 5.86. The summed E-state index contributed by atoms with van der Waals surface area (Å²) < 4.78 is 5.50. The molecule has 0 aromatic heterocycles. The number of ether oxygens (including phenoxy) is 1. The Labute approximate surface area is 119 Å². The quantitative estimate of drug-likeness (QED) is 0.743. The average molecular weight is 292 g/mol. The van der Waals surface area contributed by atoms with E-state index in [-0.39, 0.29) is 42.9 Å². The Morgan fingerprint density at radius 2 is 2.21 bits per heavy atom. The number of hydrogen-bond acceptors (Lipinski definition) is 4. The van der Waals surface area contributed by atoms with Gasteiger partial charge in [0.1, 0.15) is 0 Å². The van der Waals surface area contributed by atoms with Crippen molar-refractivity contribution < 1.29 is 14.3 Å². The lowest BCUT2D eigenvalue weighted by Crippen LogP contribution is -2.56. The van der Waals surface area contributed by atoms with Crippen LogP contribution in [0.1, 0.15) is 13.8 Å². The molecule has 0 aromatic carbocycles. The summed E-state index contributed by atoms with van der Waals surface area (Å²) in [6, 6.07) is 0.0896. The molecule has 0 radical (unpaired) electrons. The van der Waals surface area contributed by atoms with Gasteiger partial charge >= 0.3 is 0 Å². The van der Waals surface area contributed by atoms with Crippen molar-refractivity contribution in [1.29, 1.82) is 0 Å². The molecule has 0 aliphatic carbocycles. The summed E-state index contributed by atoms with van der Waals surface area (Å²) in [6.45, 7) is 7.01. The fourth-order valence-corrected chi connectivity index (χ4v) is 2.32. The van der Waals surface area contributed by atoms with Crippen LogP contribution in [0.5, 0.6) is 0 Å². The number of nitrogens with one attached hydrogen (secondary N) is 1. The second-order valence-corrected chi connectivity index (χ2v) is 5.03. The Bertz CT molecular complexity index is 340. The first-order chi connectivity index (χ1) is 8.58. The monoisotopic (exact) mass is 291 g/mol. The second kappa shape index (κ2) is 7.07. The molecule has 110 valence electrons. The summed E-state index contributed by atoms with van der Waals surface area (Å²) in [5.41, 5.74) is 0. The fraction of sp³-hybridized carbons (Fsp3) is 0.833. The van der Waals surface area contributed by atoms with Crippen molar-refractivity contribution in [1.82, 2.24) is 15.1 Å². The van der Waals surface area contributed by atoms with Crippen molar-refractivity contribution in [3.63, 3.8) is 0 Å². The maximum Gasteiger partial charge on any atom is 0.242 e. The van der Waals surface area contributed by atoms with E-state index in [9.17, 15) is 9.59 Å². The van der Waals surface area contributed by atoms with Crippen LogP contribution in [0.15, 0.2) is 0 Å². The summed E-state index contributed by atoms with van der Waals surface area (Å²) in [5, 5.41) is 3.00. The van der Waals surface area contributed by atoms with E-state index < -0.39 is 0 Å². The molecule has 2 fully saturated rings. The normalized spacial score (nSPS) is 28.0. The van der Waals surface area contributed by atoms with E-state index in [1.807, 2.05) is 18.7 Å². The van der Waals surface area contributed by atoms with E-state index in [2.05, 4.69) is 5.32 Å². The van der Waals surface area contributed by atoms with E-state index in [0.717, 1.165) is 6.54 Å². The summed E-state index contributed by atoms with van der Waals surface area (Å²) in [4.78, 5) is 27.3. The van der Waals surface area contributed by atoms with Gasteiger partial charge in [0, 0.05) is 19.6 Å². The Hall–Kier alpha value is -0.850. The van der Waals surface area contributed by atoms with Gasteiger partial charge in [-0.1, -0.05) is 0 Å². The van der Waals surface area contributed by atoms with Crippen LogP contribution < -0.4 is 5.32 Å². The van der Waals surface area contributed by atoms with Crippen LogP contribution in [0.4, 0.5) is 0 Å². The molecule has 19 heavy (non-hydrogen) atoms. The number of halogens is 1. The van der Waals surface area contributed by atoms with Crippen molar-refractivity contribution in [2.45, 2.75) is 26.0 Å². The highest BCUT2D eigenvalue weighted by atomic mass is 35.5. The maximum absolute atomic E-state index is 12.2. The molecule has 2 heterocycles. The summed E-state index contributed by atoms with van der Waals surface area (Å²) in [6.07, 6.45) is 0.0730. The van der Waals surface area contributed by atoms with Crippen LogP contribution >= 0.6 is 12.4 Å². The predicted molar refractivity (Wildman–Crippen MR) is 73.3 cm³/mol. The minimum Gasteiger partial charge on any atom is -0.375 e. The number of rotatable bonds is 2. The minimum atomic E-state index is 0. The van der Waals surface area contributed by atoms with Crippen LogP contribution in [-0.4, -0.2) is 73.1 Å². The number of amides is 2. The molecule has 2 saturated heterocycles. The number of carbonyl (C=O) groups is 2. The van der Waals surface area contributed by atoms with E-state index in [1.165, 1.54) is 0 Å². The standard InChI is InChI=1S/C12H21N3O3.ClH/c1-9-8-18-10(2)6-15(9)12(17)7-14-4-3-13-5-11(14)16;/h9-10,13H,3-8H2,1-2H3;1H. The molecule has 0 bridgehead atoms. The predicted octanol–water partition coefficient (Wildman–Crippen LogP) is -0.524. The first kappa shape index (κ1) is 16.2. The zero-order valence-corrected chi connectivity index (χ0v) is 12.2. The van der Waals surface area contributed by atoms with Crippen LogP contribution in [0.25, 0.3) is 0 Å². The molecule has 2 aliphatic heterocycles. The topological polar surface area (TPSA) is 61.9 Å². The highest BCUT2D eigenvalue weighted by Gasteiger charge is 2.29. The average Bonchev–Trinajstić information content (AvgIpc) is 2.35. The molecule has 2 atom stereocenters. The third kappa shape index (κ3) is 4.06. The largest absolute Gasteiger partial charge is 0.375 e. The van der Waals surface area contributed by atoms with E-state index in [4.69, 9.17) is 4.74 Å². The molecule has 2 rings (SSSR count). The lowest BCUT2D eigenvalue weighted by atomic mass is 10.2. The SMILES string of the molecule is CC1CN(C(=O)CN2CCNCC2=O)C(C)CO1.Cl. The molecular weight excluding hydrogens is 270 g/mol. The lowest BCUT2D eigenvalue weighted by molar-refractivity contribution is -0.148. The smallest absolute Gasteiger partial charge is 0.242 e. The number of morpholine rings is 1. The van der Waals surface area contributed by atoms with Crippen molar-refractivity contribution >= 4 is 24.2 Å². The zero-order chi connectivity index (χ0) is 13.1. The number of piperazine rings is 1. The number of nitrogens with zero attached hydrogens (tertiary/aromatic N) is 2. The third-order valence-electron chi connectivity index (χ3n) is 3.44. The van der Waals surface area contributed by atoms with Crippen LogP contribution in [0.3, 0.4) is 0 Å². The zero-order valence-electron chi connectivity index (χ0n) is 11.4. The van der Waals surface area contributed by atoms with Crippen molar-refractivity contribution in [3.8, 4) is 0 Å². The molecule has 1 N–H and O–H groups in total. The van der Waals surface area contributed by atoms with Gasteiger partial charge in [0.25, 0.3) is 0 Å². The van der Waals surface area contributed by atoms with E-state index in [0.29, 0.717) is 26.2 Å². The van der Waals surface area contributed by atoms with Gasteiger partial charge in [-0.05, 0) is 13.8 Å². The van der Waals surface area contributed by atoms with Gasteiger partial charge in [-0.2, -0.15) is 0 Å². The summed E-state index contributed by atoms with van der Waals surface area (Å²) in [7, 11) is 0. The van der Waals surface area contributed by atoms with E-state index in [1.54, 1.807) is 4.90 Å². The van der Waals surface area contributed by atoms with Crippen molar-refractivity contribution in [2.24, 2.45) is 0 Å². The molecule has 6 nitrogen and oxygen atoms in total. The second-order valence-electron chi connectivity index (χ2n) is 5.03. The Morgan fingerprint density at radius 1 is 1.47 bits per heavy atom. The first-order valence-electron chi connectivity index (χ1n) is 6.47. The van der Waals surface area contributed by atoms with Gasteiger partial charge in [-0.3, -0.25) is 9.59 Å². The van der Waals surface area contributed by atoms with Crippen LogP contribution in [0.2, 0.25) is 0 Å². The Morgan fingerprint density at radius 3 is 2.89 bits per heavy atom. The van der Waals surface area contributed by atoms with Gasteiger partial charge in [-0.25, -0.2) is 0 Å². The summed E-state index contributed by atoms with van der Waals surface area (Å²) in [5.74, 6) is 0.0245. The van der Waals surface area contributed by atoms with Crippen molar-refractivity contribution in [2.75, 3.05) is 39.3 Å². The first-order valence-corrected chi connectivity index (χ1v) is 6.47. The molecule has 2 amide bonds. The molecular formula is C12H22ClN3O3. The van der Waals surface area contributed by atoms with Crippen LogP contribution in [0, 0.1) is 0 Å². The lowest BCUT2D eigenvalue weighted by Gasteiger charge is -2.38. The molecule has 0 aromatic rings. The van der Waals surface area contributed by atoms with Gasteiger partial charge < -0.3 is 19.9 Å². The van der Waals surface area contributed by atoms with E-state index >= 15 is 0 Å². The van der Waals surface area contributed by atoms with Crippen LogP contribution in [-0.2, 0) is 14.3 Å². The third-order valence-corrected chi connectivity index (χ3v) is 3.44. The molecule has 7 heteroatoms. The maximum atomic E-state index is 12.2. The van der Waals surface area contributed by atoms with Gasteiger partial charge in [0.05, 0.1) is 31.8 Å². The van der Waals surface area contributed by atoms with Gasteiger partial charge in [0.2, 0.25) is 11.8 Å². The van der Waals surface area contributed by atoms with Gasteiger partial charge in [0.15, 0.2) is 0 Å². The highest BCUT2D eigenvalue weighted by Crippen LogP contribution is 2.12. The molecule has 2 unspecified atom stereocenters. The fourth-order valence-electron chi connectivity index (χ4n) is 2.32. The number of hydrogen-bond donors (Lipinski definition) is 1. The Kier molecular flexibility index (Phi) is 6.03. The molecule has 0 saturated carbocycles. The van der Waals surface area contributed by atoms with Gasteiger partial charge in [-0.15, -0.1) is 12.4 Å². The Balaban J connectivity index is 0.00000180. The van der Waals surface area contributed by atoms with Crippen molar-refractivity contribution in [3.05, 3.63) is 0 Å². The molecule has 2 aliphatic rings.